The first kappa shape index (κ1) is 14.5. The fraction of sp³-hybridized carbons (Fsp3) is 0.250. The number of methoxy groups -OCH3 is 1. The smallest absolute Gasteiger partial charge is 0.123 e. The van der Waals surface area contributed by atoms with Crippen molar-refractivity contribution in [2.45, 2.75) is 12.6 Å². The number of hydrogen-bond donors (Lipinski definition) is 2. The number of aliphatic hydroxyl groups excluding tert-OH is 1. The Bertz CT molecular complexity index is 542. The molecule has 2 N–H and O–H groups in total. The molecular formula is C16H18FNO2. The lowest BCUT2D eigenvalue weighted by molar-refractivity contribution is 0.174. The van der Waals surface area contributed by atoms with Crippen molar-refractivity contribution in [1.82, 2.24) is 5.32 Å². The van der Waals surface area contributed by atoms with Crippen LogP contribution in [0.3, 0.4) is 0 Å². The number of aliphatic hydroxyl groups is 1. The summed E-state index contributed by atoms with van der Waals surface area (Å²) in [6, 6.07) is 13.7. The van der Waals surface area contributed by atoms with Gasteiger partial charge in [-0.25, -0.2) is 4.39 Å². The second-order valence-corrected chi connectivity index (χ2v) is 4.55. The Hall–Kier alpha value is -1.91. The van der Waals surface area contributed by atoms with Gasteiger partial charge in [-0.15, -0.1) is 0 Å². The van der Waals surface area contributed by atoms with E-state index in [2.05, 4.69) is 5.32 Å². The van der Waals surface area contributed by atoms with Crippen LogP contribution >= 0.6 is 0 Å². The first-order chi connectivity index (χ1) is 9.69. The summed E-state index contributed by atoms with van der Waals surface area (Å²) >= 11 is 0. The maximum atomic E-state index is 13.0. The fourth-order valence-electron chi connectivity index (χ4n) is 1.93. The Kier molecular flexibility index (Phi) is 5.09. The van der Waals surface area contributed by atoms with Crippen LogP contribution in [0, 0.1) is 5.82 Å². The molecule has 2 aromatic rings. The molecule has 0 fully saturated rings. The highest BCUT2D eigenvalue weighted by atomic mass is 19.1. The van der Waals surface area contributed by atoms with Crippen LogP contribution in [0.5, 0.6) is 5.75 Å². The number of nitrogens with one attached hydrogen (secondary N) is 1. The Morgan fingerprint density at radius 2 is 1.95 bits per heavy atom. The zero-order valence-corrected chi connectivity index (χ0v) is 11.3. The summed E-state index contributed by atoms with van der Waals surface area (Å²) in [7, 11) is 1.63. The average molecular weight is 275 g/mol. The van der Waals surface area contributed by atoms with Crippen molar-refractivity contribution < 1.29 is 14.2 Å². The molecule has 0 amide bonds. The van der Waals surface area contributed by atoms with Crippen LogP contribution in [-0.2, 0) is 6.54 Å². The highest BCUT2D eigenvalue weighted by molar-refractivity contribution is 5.27. The molecule has 0 heterocycles. The van der Waals surface area contributed by atoms with Crippen LogP contribution in [0.15, 0.2) is 48.5 Å². The molecule has 0 aliphatic rings. The van der Waals surface area contributed by atoms with Gasteiger partial charge >= 0.3 is 0 Å². The monoisotopic (exact) mass is 275 g/mol. The number of ether oxygens (including phenoxy) is 1. The zero-order valence-electron chi connectivity index (χ0n) is 11.3. The van der Waals surface area contributed by atoms with Crippen molar-refractivity contribution in [2.24, 2.45) is 0 Å². The lowest BCUT2D eigenvalue weighted by atomic mass is 10.1. The average Bonchev–Trinajstić information content (AvgIpc) is 2.48. The van der Waals surface area contributed by atoms with E-state index in [9.17, 15) is 9.50 Å². The molecular weight excluding hydrogens is 257 g/mol. The highest BCUT2D eigenvalue weighted by Gasteiger charge is 2.07. The van der Waals surface area contributed by atoms with Gasteiger partial charge in [-0.3, -0.25) is 0 Å². The van der Waals surface area contributed by atoms with Gasteiger partial charge in [-0.1, -0.05) is 24.3 Å². The van der Waals surface area contributed by atoms with Gasteiger partial charge in [-0.05, 0) is 35.4 Å². The molecule has 4 heteroatoms. The molecule has 2 rings (SSSR count). The summed E-state index contributed by atoms with van der Waals surface area (Å²) in [5.41, 5.74) is 1.67. The molecule has 0 saturated heterocycles. The van der Waals surface area contributed by atoms with Crippen molar-refractivity contribution in [3.63, 3.8) is 0 Å². The normalized spacial score (nSPS) is 12.2. The van der Waals surface area contributed by atoms with Gasteiger partial charge < -0.3 is 15.2 Å². The first-order valence-electron chi connectivity index (χ1n) is 6.46. The van der Waals surface area contributed by atoms with Gasteiger partial charge in [0.15, 0.2) is 0 Å². The minimum absolute atomic E-state index is 0.336. The first-order valence-corrected chi connectivity index (χ1v) is 6.46. The van der Waals surface area contributed by atoms with Crippen LogP contribution < -0.4 is 10.1 Å². The lowest BCUT2D eigenvalue weighted by Crippen LogP contribution is -2.21. The minimum Gasteiger partial charge on any atom is -0.497 e. The van der Waals surface area contributed by atoms with Crippen molar-refractivity contribution in [1.29, 1.82) is 0 Å². The third-order valence-electron chi connectivity index (χ3n) is 3.06. The summed E-state index contributed by atoms with van der Waals surface area (Å²) in [6.07, 6.45) is -0.719. The van der Waals surface area contributed by atoms with Crippen LogP contribution in [0.2, 0.25) is 0 Å². The molecule has 3 nitrogen and oxygen atoms in total. The summed E-state index contributed by atoms with van der Waals surface area (Å²) in [5, 5.41) is 13.1. The molecule has 0 aromatic heterocycles. The molecule has 0 saturated carbocycles. The molecule has 0 radical (unpaired) electrons. The summed E-state index contributed by atoms with van der Waals surface area (Å²) in [6.45, 7) is 1.01. The van der Waals surface area contributed by atoms with Gasteiger partial charge in [0, 0.05) is 13.1 Å². The van der Waals surface area contributed by atoms with Gasteiger partial charge in [0.25, 0.3) is 0 Å². The third-order valence-corrected chi connectivity index (χ3v) is 3.06. The van der Waals surface area contributed by atoms with E-state index in [-0.39, 0.29) is 5.82 Å². The Balaban J connectivity index is 1.82. The zero-order chi connectivity index (χ0) is 14.4. The molecule has 20 heavy (non-hydrogen) atoms. The SMILES string of the molecule is COc1ccc(CNC[C@H](O)c2cccc(F)c2)cc1. The van der Waals surface area contributed by atoms with E-state index in [1.807, 2.05) is 24.3 Å². The van der Waals surface area contributed by atoms with Crippen molar-refractivity contribution in [2.75, 3.05) is 13.7 Å². The molecule has 1 atom stereocenters. The van der Waals surface area contributed by atoms with Crippen LogP contribution in [0.25, 0.3) is 0 Å². The number of benzene rings is 2. The number of rotatable bonds is 6. The van der Waals surface area contributed by atoms with E-state index in [0.29, 0.717) is 18.7 Å². The van der Waals surface area contributed by atoms with Crippen LogP contribution in [0.1, 0.15) is 17.2 Å². The topological polar surface area (TPSA) is 41.5 Å². The Morgan fingerprint density at radius 3 is 2.60 bits per heavy atom. The van der Waals surface area contributed by atoms with Crippen molar-refractivity contribution in [3.05, 3.63) is 65.5 Å². The third kappa shape index (κ3) is 4.05. The quantitative estimate of drug-likeness (QED) is 0.851. The van der Waals surface area contributed by atoms with E-state index < -0.39 is 6.10 Å². The largest absolute Gasteiger partial charge is 0.497 e. The molecule has 0 aliphatic carbocycles. The molecule has 0 aliphatic heterocycles. The van der Waals surface area contributed by atoms with Gasteiger partial charge in [0.05, 0.1) is 13.2 Å². The molecule has 2 aromatic carbocycles. The lowest BCUT2D eigenvalue weighted by Gasteiger charge is -2.12. The predicted octanol–water partition coefficient (Wildman–Crippen LogP) is 2.66. The van der Waals surface area contributed by atoms with E-state index >= 15 is 0 Å². The van der Waals surface area contributed by atoms with Gasteiger partial charge in [0.1, 0.15) is 11.6 Å². The number of halogens is 1. The second kappa shape index (κ2) is 7.03. The van der Waals surface area contributed by atoms with E-state index in [1.165, 1.54) is 12.1 Å². The van der Waals surface area contributed by atoms with Crippen LogP contribution in [0.4, 0.5) is 4.39 Å². The summed E-state index contributed by atoms with van der Waals surface area (Å²) in [4.78, 5) is 0. The van der Waals surface area contributed by atoms with E-state index in [4.69, 9.17) is 4.74 Å². The maximum Gasteiger partial charge on any atom is 0.123 e. The Labute approximate surface area is 118 Å². The minimum atomic E-state index is -0.719. The molecule has 0 bridgehead atoms. The molecule has 106 valence electrons. The van der Waals surface area contributed by atoms with Crippen molar-refractivity contribution in [3.8, 4) is 5.75 Å². The van der Waals surface area contributed by atoms with Crippen molar-refractivity contribution >= 4 is 0 Å². The van der Waals surface area contributed by atoms with E-state index in [0.717, 1.165) is 11.3 Å². The number of hydrogen-bond acceptors (Lipinski definition) is 3. The van der Waals surface area contributed by atoms with Gasteiger partial charge in [0.2, 0.25) is 0 Å². The highest BCUT2D eigenvalue weighted by Crippen LogP contribution is 2.14. The molecule has 0 unspecified atom stereocenters. The fourth-order valence-corrected chi connectivity index (χ4v) is 1.93. The second-order valence-electron chi connectivity index (χ2n) is 4.55. The maximum absolute atomic E-state index is 13.0. The van der Waals surface area contributed by atoms with Crippen LogP contribution in [-0.4, -0.2) is 18.8 Å². The summed E-state index contributed by atoms with van der Waals surface area (Å²) < 4.78 is 18.1. The van der Waals surface area contributed by atoms with E-state index in [1.54, 1.807) is 19.2 Å². The van der Waals surface area contributed by atoms with Gasteiger partial charge in [-0.2, -0.15) is 0 Å². The summed E-state index contributed by atoms with van der Waals surface area (Å²) in [5.74, 6) is 0.477. The molecule has 0 spiro atoms. The standard InChI is InChI=1S/C16H18FNO2/c1-20-15-7-5-12(6-8-15)10-18-11-16(19)13-3-2-4-14(17)9-13/h2-9,16,18-19H,10-11H2,1H3/t16-/m0/s1. The predicted molar refractivity (Wildman–Crippen MR) is 76.1 cm³/mol. The Morgan fingerprint density at radius 1 is 1.20 bits per heavy atom.